The van der Waals surface area contributed by atoms with Crippen LogP contribution in [0.25, 0.3) is 0 Å². The first-order valence-electron chi connectivity index (χ1n) is 13.7. The minimum Gasteiger partial charge on any atom is -0.494 e. The molecule has 0 radical (unpaired) electrons. The molecule has 2 heterocycles. The maximum atomic E-state index is 13.9. The van der Waals surface area contributed by atoms with E-state index in [1.807, 2.05) is 37.3 Å². The topological polar surface area (TPSA) is 76.5 Å². The summed E-state index contributed by atoms with van der Waals surface area (Å²) < 4.78 is 7.46. The predicted octanol–water partition coefficient (Wildman–Crippen LogP) is 5.44. The Morgan fingerprint density at radius 1 is 1.14 bits per heavy atom. The summed E-state index contributed by atoms with van der Waals surface area (Å²) >= 11 is 0. The molecule has 1 aromatic heterocycles. The second kappa shape index (κ2) is 11.5. The van der Waals surface area contributed by atoms with Gasteiger partial charge in [0, 0.05) is 12.6 Å². The number of nitrogens with zero attached hydrogens (tertiary/aromatic N) is 3. The Morgan fingerprint density at radius 2 is 1.81 bits per heavy atom. The molecule has 4 rings (SSSR count). The smallest absolute Gasteiger partial charge is 0.273 e. The van der Waals surface area contributed by atoms with Crippen molar-refractivity contribution >= 4 is 11.8 Å². The van der Waals surface area contributed by atoms with Gasteiger partial charge in [0.15, 0.2) is 0 Å². The van der Waals surface area contributed by atoms with Crippen LogP contribution in [-0.4, -0.2) is 44.7 Å². The van der Waals surface area contributed by atoms with Gasteiger partial charge >= 0.3 is 0 Å². The number of aromatic nitrogens is 2. The van der Waals surface area contributed by atoms with Gasteiger partial charge in [-0.3, -0.25) is 14.3 Å². The fraction of sp³-hybridized carbons (Fsp3) is 0.621. The number of hydrogen-bond acceptors (Lipinski definition) is 4. The minimum atomic E-state index is -1.04. The average molecular weight is 495 g/mol. The molecule has 2 amide bonds. The number of rotatable bonds is 8. The summed E-state index contributed by atoms with van der Waals surface area (Å²) in [5.74, 6) is 0.781. The number of carbonyl (C=O) groups is 2. The van der Waals surface area contributed by atoms with Crippen molar-refractivity contribution in [2.75, 3.05) is 6.61 Å². The Morgan fingerprint density at radius 3 is 2.44 bits per heavy atom. The van der Waals surface area contributed by atoms with Crippen LogP contribution in [0, 0.1) is 0 Å². The van der Waals surface area contributed by atoms with Gasteiger partial charge in [0.05, 0.1) is 18.8 Å². The number of hydrogen-bond donors (Lipinski definition) is 1. The number of benzene rings is 1. The minimum absolute atomic E-state index is 0.0865. The number of carbonyl (C=O) groups excluding carboxylic acids is 2. The summed E-state index contributed by atoms with van der Waals surface area (Å²) in [4.78, 5) is 29.5. The molecule has 0 spiro atoms. The van der Waals surface area contributed by atoms with Crippen molar-refractivity contribution in [3.63, 3.8) is 0 Å². The first-order valence-corrected chi connectivity index (χ1v) is 13.7. The zero-order valence-electron chi connectivity index (χ0n) is 22.4. The van der Waals surface area contributed by atoms with E-state index < -0.39 is 5.54 Å². The quantitative estimate of drug-likeness (QED) is 0.530. The number of nitrogens with one attached hydrogen (secondary N) is 1. The summed E-state index contributed by atoms with van der Waals surface area (Å²) in [6, 6.07) is 9.88. The molecule has 7 nitrogen and oxygen atoms in total. The molecule has 1 fully saturated rings. The van der Waals surface area contributed by atoms with Crippen LogP contribution in [0.2, 0.25) is 0 Å². The van der Waals surface area contributed by atoms with Gasteiger partial charge in [0.1, 0.15) is 17.0 Å². The first kappa shape index (κ1) is 26.2. The highest BCUT2D eigenvalue weighted by Crippen LogP contribution is 2.31. The standard InChI is InChI=1S/C29H42N4O3/c1-5-17-36-24-15-13-22(14-16-24)19-32-27(34)26-18-25(21(2)3)31-33(26)20-29(32,4)28(35)30-23-11-9-7-6-8-10-12-23/h13-16,18,21,23H,5-12,17,19-20H2,1-4H3,(H,30,35)/t29-/m1/s1. The molecule has 1 saturated carbocycles. The molecule has 0 bridgehead atoms. The molecule has 1 aliphatic carbocycles. The Hall–Kier alpha value is -2.83. The SMILES string of the molecule is CCCOc1ccc(CN2C(=O)c3cc(C(C)C)nn3C[C@]2(C)C(=O)NC2CCCCCCC2)cc1. The monoisotopic (exact) mass is 494 g/mol. The van der Waals surface area contributed by atoms with Crippen LogP contribution in [0.15, 0.2) is 30.3 Å². The number of amides is 2. The predicted molar refractivity (Wildman–Crippen MR) is 141 cm³/mol. The van der Waals surface area contributed by atoms with E-state index in [4.69, 9.17) is 9.84 Å². The van der Waals surface area contributed by atoms with Crippen molar-refractivity contribution in [2.45, 2.75) is 110 Å². The van der Waals surface area contributed by atoms with E-state index in [1.54, 1.807) is 9.58 Å². The molecule has 1 aromatic carbocycles. The lowest BCUT2D eigenvalue weighted by Gasteiger charge is -2.44. The largest absolute Gasteiger partial charge is 0.494 e. The highest BCUT2D eigenvalue weighted by atomic mass is 16.5. The Bertz CT molecular complexity index is 1040. The van der Waals surface area contributed by atoms with Gasteiger partial charge in [0.2, 0.25) is 5.91 Å². The zero-order valence-corrected chi connectivity index (χ0v) is 22.4. The van der Waals surface area contributed by atoms with Crippen LogP contribution in [0.1, 0.15) is 107 Å². The Kier molecular flexibility index (Phi) is 8.37. The van der Waals surface area contributed by atoms with Crippen molar-refractivity contribution in [2.24, 2.45) is 0 Å². The van der Waals surface area contributed by atoms with E-state index in [0.29, 0.717) is 25.4 Å². The third-order valence-corrected chi connectivity index (χ3v) is 7.57. The van der Waals surface area contributed by atoms with E-state index in [9.17, 15) is 9.59 Å². The molecular formula is C29H42N4O3. The molecule has 1 aliphatic heterocycles. The maximum absolute atomic E-state index is 13.9. The van der Waals surface area contributed by atoms with Gasteiger partial charge in [-0.15, -0.1) is 0 Å². The van der Waals surface area contributed by atoms with Gasteiger partial charge in [-0.1, -0.05) is 65.0 Å². The number of ether oxygens (including phenoxy) is 1. The molecular weight excluding hydrogens is 452 g/mol. The second-order valence-corrected chi connectivity index (χ2v) is 10.9. The molecule has 0 saturated heterocycles. The summed E-state index contributed by atoms with van der Waals surface area (Å²) in [5.41, 5.74) is 1.36. The molecule has 2 aliphatic rings. The van der Waals surface area contributed by atoms with Crippen molar-refractivity contribution in [3.8, 4) is 5.75 Å². The molecule has 196 valence electrons. The lowest BCUT2D eigenvalue weighted by molar-refractivity contribution is -0.134. The van der Waals surface area contributed by atoms with Crippen LogP contribution in [0.5, 0.6) is 5.75 Å². The summed E-state index contributed by atoms with van der Waals surface area (Å²) in [6.07, 6.45) is 8.95. The van der Waals surface area contributed by atoms with Gasteiger partial charge in [-0.05, 0) is 55.9 Å². The average Bonchev–Trinajstić information content (AvgIpc) is 3.27. The first-order chi connectivity index (χ1) is 17.3. The molecule has 1 N–H and O–H groups in total. The van der Waals surface area contributed by atoms with Crippen LogP contribution in [0.4, 0.5) is 0 Å². The van der Waals surface area contributed by atoms with E-state index in [1.165, 1.54) is 19.3 Å². The van der Waals surface area contributed by atoms with E-state index in [2.05, 4.69) is 26.1 Å². The molecule has 7 heteroatoms. The summed E-state index contributed by atoms with van der Waals surface area (Å²) in [5, 5.41) is 8.04. The van der Waals surface area contributed by atoms with E-state index >= 15 is 0 Å². The normalized spacial score (nSPS) is 21.1. The van der Waals surface area contributed by atoms with Crippen LogP contribution < -0.4 is 10.1 Å². The van der Waals surface area contributed by atoms with Crippen molar-refractivity contribution in [1.29, 1.82) is 0 Å². The van der Waals surface area contributed by atoms with E-state index in [-0.39, 0.29) is 23.8 Å². The Labute approximate surface area is 215 Å². The Balaban J connectivity index is 1.61. The van der Waals surface area contributed by atoms with Gasteiger partial charge < -0.3 is 15.0 Å². The third kappa shape index (κ3) is 5.76. The van der Waals surface area contributed by atoms with Crippen molar-refractivity contribution < 1.29 is 14.3 Å². The second-order valence-electron chi connectivity index (χ2n) is 10.9. The van der Waals surface area contributed by atoms with Crippen molar-refractivity contribution in [3.05, 3.63) is 47.3 Å². The lowest BCUT2D eigenvalue weighted by atomic mass is 9.91. The molecule has 0 unspecified atom stereocenters. The van der Waals surface area contributed by atoms with Crippen LogP contribution in [0.3, 0.4) is 0 Å². The van der Waals surface area contributed by atoms with Crippen molar-refractivity contribution in [1.82, 2.24) is 20.0 Å². The van der Waals surface area contributed by atoms with Gasteiger partial charge in [0.25, 0.3) is 5.91 Å². The van der Waals surface area contributed by atoms with Crippen LogP contribution in [-0.2, 0) is 17.9 Å². The highest BCUT2D eigenvalue weighted by molar-refractivity contribution is 5.99. The third-order valence-electron chi connectivity index (χ3n) is 7.57. The number of fused-ring (bicyclic) bond motifs is 1. The van der Waals surface area contributed by atoms with Crippen LogP contribution >= 0.6 is 0 Å². The molecule has 2 aromatic rings. The van der Waals surface area contributed by atoms with Gasteiger partial charge in [-0.25, -0.2) is 0 Å². The summed E-state index contributed by atoms with van der Waals surface area (Å²) in [7, 11) is 0. The molecule has 36 heavy (non-hydrogen) atoms. The fourth-order valence-corrected chi connectivity index (χ4v) is 5.23. The summed E-state index contributed by atoms with van der Waals surface area (Å²) in [6.45, 7) is 9.47. The molecule has 1 atom stereocenters. The lowest BCUT2D eigenvalue weighted by Crippen LogP contribution is -2.64. The van der Waals surface area contributed by atoms with E-state index in [0.717, 1.165) is 49.1 Å². The zero-order chi connectivity index (χ0) is 25.7. The van der Waals surface area contributed by atoms with Gasteiger partial charge in [-0.2, -0.15) is 5.10 Å². The fourth-order valence-electron chi connectivity index (χ4n) is 5.23. The highest BCUT2D eigenvalue weighted by Gasteiger charge is 2.48. The maximum Gasteiger partial charge on any atom is 0.273 e.